The van der Waals surface area contributed by atoms with Crippen LogP contribution in [-0.4, -0.2) is 237 Å². The van der Waals surface area contributed by atoms with Crippen molar-refractivity contribution in [3.8, 4) is 0 Å². The molecule has 39 heteroatoms. The average molecular weight is 2100 g/mol. The Labute approximate surface area is 858 Å². The smallest absolute Gasteiger partial charge is 0.341 e. The van der Waals surface area contributed by atoms with Crippen LogP contribution in [0.3, 0.4) is 0 Å². The van der Waals surface area contributed by atoms with E-state index < -0.39 is 94.8 Å². The minimum absolute atomic E-state index is 0.0151. The maximum atomic E-state index is 12.0. The largest absolute Gasteiger partial charge is 0.465 e. The van der Waals surface area contributed by atoms with Crippen molar-refractivity contribution in [3.05, 3.63) is 276 Å². The molecule has 780 valence electrons. The topological polar surface area (TPSA) is 456 Å². The Kier molecular flexibility index (Phi) is 68.3. The zero-order valence-electron chi connectivity index (χ0n) is 81.8. The summed E-state index contributed by atoms with van der Waals surface area (Å²) in [6.07, 6.45) is 9.51. The molecule has 0 bridgehead atoms. The summed E-state index contributed by atoms with van der Waals surface area (Å²) in [6.45, 7) is 47.2. The van der Waals surface area contributed by atoms with E-state index in [1.165, 1.54) is 77.2 Å². The molecule has 3 aromatic carbocycles. The number of thioether (sulfide) groups is 2. The van der Waals surface area contributed by atoms with Crippen molar-refractivity contribution in [2.24, 2.45) is 5.92 Å². The highest BCUT2D eigenvalue weighted by atomic mass is 35.5. The van der Waals surface area contributed by atoms with Gasteiger partial charge in [0, 0.05) is 35.5 Å². The van der Waals surface area contributed by atoms with Crippen molar-refractivity contribution in [1.82, 2.24) is 0 Å². The van der Waals surface area contributed by atoms with Gasteiger partial charge in [-0.2, -0.15) is 23.5 Å². The molecule has 9 rings (SSSR count). The second-order valence-corrected chi connectivity index (χ2v) is 34.0. The maximum Gasteiger partial charge on any atom is 0.341 e. The molecule has 3 unspecified atom stereocenters. The van der Waals surface area contributed by atoms with Gasteiger partial charge in [-0.15, -0.1) is 34.5 Å². The van der Waals surface area contributed by atoms with Gasteiger partial charge in [-0.25, -0.2) is 56.7 Å². The fourth-order valence-corrected chi connectivity index (χ4v) is 14.2. The number of halogens is 4. The molecule has 144 heavy (non-hydrogen) atoms. The Hall–Kier alpha value is -13.5. The number of furan rings is 1. The highest BCUT2D eigenvalue weighted by molar-refractivity contribution is 8.00. The van der Waals surface area contributed by atoms with Gasteiger partial charge in [0.15, 0.2) is 46.2 Å². The Bertz CT molecular complexity index is 5110. The first-order valence-corrected chi connectivity index (χ1v) is 48.6. The van der Waals surface area contributed by atoms with Crippen LogP contribution in [0.25, 0.3) is 0 Å². The summed E-state index contributed by atoms with van der Waals surface area (Å²) in [5, 5.41) is 2.54. The van der Waals surface area contributed by atoms with E-state index in [9.17, 15) is 105 Å². The molecule has 1 aliphatic carbocycles. The van der Waals surface area contributed by atoms with Gasteiger partial charge >= 0.3 is 66.1 Å². The molecule has 4 fully saturated rings. The minimum Gasteiger partial charge on any atom is -0.465 e. The van der Waals surface area contributed by atoms with Crippen molar-refractivity contribution in [2.75, 3.05) is 96.4 Å². The second kappa shape index (κ2) is 75.3. The Morgan fingerprint density at radius 1 is 0.375 bits per heavy atom. The molecule has 0 amide bonds. The summed E-state index contributed by atoms with van der Waals surface area (Å²) in [6, 6.07) is 33.6. The molecule has 2 aromatic heterocycles. The highest BCUT2D eigenvalue weighted by Gasteiger charge is 2.30. The van der Waals surface area contributed by atoms with Gasteiger partial charge in [-0.1, -0.05) is 176 Å². The predicted octanol–water partition coefficient (Wildman–Crippen LogP) is 16.3. The van der Waals surface area contributed by atoms with Gasteiger partial charge in [0.25, 0.3) is 0 Å². The molecule has 5 aromatic rings. The quantitative estimate of drug-likeness (QED) is 0.00665. The van der Waals surface area contributed by atoms with E-state index in [-0.39, 0.29) is 161 Å². The van der Waals surface area contributed by atoms with Crippen molar-refractivity contribution < 1.29 is 161 Å². The van der Waals surface area contributed by atoms with Gasteiger partial charge in [0.05, 0.1) is 109 Å². The molecule has 3 atom stereocenters. The third kappa shape index (κ3) is 53.6. The standard InChI is InChI=1S/C16H18O3S.C16H18O3.C13H14O3.C10H14O4.C10H10O4.C10H14O3S.C10H10O3S.C7H9ClO3.C7H8F2O3.C6H7ClO3/c1-12(15(17)10-13-6-3-2-4-7-13)16(18)19-11-14-8-5-9-20-14;1-12(15(17)14-9-3-2-4-10-14)16(18)19-11-13-7-5-6-8-13;1-3-16-13(15)10(2)12(14)9-11-7-5-4-6-8-11;1-7(8(2)11)10(12)14-6-9-4-3-5-13-9;1-3-13-10(12)7(2)9(11)8-5-4-6-14-8;1-7(8(2)11)10(12)13-6-9-4-3-5-14-9;1-3-13-10(12)7(2)9(11)8-5-4-6-14-8;1-3-11-7(10)5(2)6(9)4-8;1-3-12-7(11)4(2)5(10)6(8)9;1-4(5(8)3-7)6(9)10-2/h2-4,6-7,14H,1,5,8-11H2;2-4,9-10,13H,1,5-8,11H2;4-8H,2-3,9H2,1H3;9H,1,3-6H2,2H3;4-6H,2-3H2,1H3;9H,1,3-6H2,2H3;4-6H,2-3H2,1H3;2-4H2,1H3;6H,2-3H2,1H3;1,3H2,2H3. The monoisotopic (exact) mass is 2100 g/mol. The van der Waals surface area contributed by atoms with Gasteiger partial charge in [-0.05, 0) is 152 Å². The first kappa shape index (κ1) is 131. The summed E-state index contributed by atoms with van der Waals surface area (Å²) >= 11 is 15.2. The van der Waals surface area contributed by atoms with Crippen LogP contribution in [-0.2, 0) is 146 Å². The van der Waals surface area contributed by atoms with Crippen LogP contribution >= 0.6 is 58.1 Å². The van der Waals surface area contributed by atoms with Crippen molar-refractivity contribution in [1.29, 1.82) is 0 Å². The first-order valence-electron chi connectivity index (χ1n) is 44.6. The van der Waals surface area contributed by atoms with Crippen LogP contribution in [0.1, 0.15) is 154 Å². The zero-order chi connectivity index (χ0) is 109. The van der Waals surface area contributed by atoms with Crippen LogP contribution in [0.2, 0.25) is 0 Å². The summed E-state index contributed by atoms with van der Waals surface area (Å²) < 4.78 is 80.6. The maximum absolute atomic E-state index is 12.0. The molecule has 0 spiro atoms. The summed E-state index contributed by atoms with van der Waals surface area (Å²) in [5.74, 6) is -9.74. The van der Waals surface area contributed by atoms with Crippen LogP contribution in [0, 0.1) is 5.92 Å². The molecular weight excluding hydrogens is 1980 g/mol. The number of thiophene rings is 1. The van der Waals surface area contributed by atoms with Gasteiger partial charge in [0.2, 0.25) is 17.3 Å². The van der Waals surface area contributed by atoms with Crippen molar-refractivity contribution in [2.45, 2.75) is 149 Å². The second-order valence-electron chi connectivity index (χ2n) is 29.7. The lowest BCUT2D eigenvalue weighted by Gasteiger charge is -2.10. The Morgan fingerprint density at radius 2 is 0.736 bits per heavy atom. The minimum atomic E-state index is -3.21. The van der Waals surface area contributed by atoms with Gasteiger partial charge in [-0.3, -0.25) is 47.9 Å². The molecule has 4 aliphatic rings. The van der Waals surface area contributed by atoms with Gasteiger partial charge < -0.3 is 56.5 Å². The first-order chi connectivity index (χ1) is 68.3. The zero-order valence-corrected chi connectivity index (χ0v) is 85.7. The Balaban J connectivity index is 0.00000159. The van der Waals surface area contributed by atoms with E-state index in [0.29, 0.717) is 46.7 Å². The van der Waals surface area contributed by atoms with Crippen LogP contribution in [0.5, 0.6) is 0 Å². The molecule has 32 nitrogen and oxygen atoms in total. The highest BCUT2D eigenvalue weighted by Crippen LogP contribution is 2.29. The molecule has 3 saturated heterocycles. The third-order valence-corrected chi connectivity index (χ3v) is 23.0. The Morgan fingerprint density at radius 3 is 1.09 bits per heavy atom. The normalized spacial score (nSPS) is 13.4. The number of hydrogen-bond acceptors (Lipinski definition) is 35. The summed E-state index contributed by atoms with van der Waals surface area (Å²) in [4.78, 5) is 223. The number of benzene rings is 3. The van der Waals surface area contributed by atoms with E-state index in [1.807, 2.05) is 90.3 Å². The lowest BCUT2D eigenvalue weighted by molar-refractivity contribution is -0.144. The van der Waals surface area contributed by atoms with E-state index in [1.54, 1.807) is 75.5 Å². The lowest BCUT2D eigenvalue weighted by Crippen LogP contribution is -2.20. The number of alkyl halides is 4. The fourth-order valence-electron chi connectivity index (χ4n) is 10.8. The average Bonchev–Trinajstić information content (AvgIpc) is 1.63. The van der Waals surface area contributed by atoms with Crippen LogP contribution in [0.4, 0.5) is 8.78 Å². The molecule has 0 N–H and O–H groups in total. The number of carbonyl (C=O) groups is 20. The fraction of sp³-hybridized carbons (Fsp3) is 0.371. The van der Waals surface area contributed by atoms with Crippen molar-refractivity contribution in [3.63, 3.8) is 0 Å². The summed E-state index contributed by atoms with van der Waals surface area (Å²) in [5.41, 5.74) is 0.228. The molecule has 5 heterocycles. The van der Waals surface area contributed by atoms with E-state index in [0.717, 1.165) is 67.8 Å². The van der Waals surface area contributed by atoms with E-state index >= 15 is 0 Å². The number of ketones is 10. The molecular formula is C105H122Cl2F2O32S3. The number of ether oxygens (including phenoxy) is 11. The SMILES string of the molecule is C=C(C(=O)CCl)C(=O)OC.C=C(C(=O)CCl)C(=O)OCC.C=C(C(=O)Cc1ccccc1)C(=O)OCC.C=C(C(=O)Cc1ccccc1)C(=O)OCC1CCCS1.C=C(C(=O)OCC)C(=O)C(F)F.C=C(C(=O)OCC)C(=O)c1ccco1.C=C(C(=O)OCC)C(=O)c1cccs1.C=C(C(=O)OCC1CCCC1)C(=O)c1ccccc1.C=C(C(C)=O)C(=O)OCC1CCCO1.C=C(C(C)=O)C(=O)OCC1CCCS1. The van der Waals surface area contributed by atoms with Crippen LogP contribution < -0.4 is 0 Å². The summed E-state index contributed by atoms with van der Waals surface area (Å²) in [7, 11) is 1.18. The molecule has 1 saturated carbocycles. The van der Waals surface area contributed by atoms with E-state index in [4.69, 9.17) is 56.0 Å². The number of hydrogen-bond donors (Lipinski definition) is 0. The van der Waals surface area contributed by atoms with Crippen molar-refractivity contribution >= 4 is 176 Å². The molecule has 0 radical (unpaired) electrons. The van der Waals surface area contributed by atoms with Crippen LogP contribution in [0.15, 0.2) is 253 Å². The number of Topliss-reactive ketones (excluding diaryl/α,β-unsaturated/α-hetero) is 10. The lowest BCUT2D eigenvalue weighted by atomic mass is 10.0. The number of esters is 10. The number of methoxy groups -OCH3 is 1. The van der Waals surface area contributed by atoms with E-state index in [2.05, 4.69) is 89.5 Å². The van der Waals surface area contributed by atoms with Gasteiger partial charge in [0.1, 0.15) is 42.1 Å². The molecule has 3 aliphatic heterocycles. The predicted molar refractivity (Wildman–Crippen MR) is 539 cm³/mol. The number of rotatable bonds is 43. The number of carbonyl (C=O) groups excluding carboxylic acids is 20. The third-order valence-electron chi connectivity index (χ3n) is 18.9.